The van der Waals surface area contributed by atoms with Gasteiger partial charge in [-0.3, -0.25) is 0 Å². The maximum atomic E-state index is 8.87. The third kappa shape index (κ3) is 1.46. The Labute approximate surface area is 71.2 Å². The van der Waals surface area contributed by atoms with Crippen LogP contribution in [0.15, 0.2) is 0 Å². The summed E-state index contributed by atoms with van der Waals surface area (Å²) in [5, 5.41) is 16.6. The van der Waals surface area contributed by atoms with Gasteiger partial charge in [0.15, 0.2) is 0 Å². The number of rotatable bonds is 3. The van der Waals surface area contributed by atoms with Gasteiger partial charge < -0.3 is 10.8 Å². The van der Waals surface area contributed by atoms with E-state index in [2.05, 4.69) is 10.3 Å². The molecule has 0 aliphatic heterocycles. The van der Waals surface area contributed by atoms with Crippen LogP contribution in [0.2, 0.25) is 0 Å². The van der Waals surface area contributed by atoms with Crippen molar-refractivity contribution in [2.45, 2.75) is 26.4 Å². The van der Waals surface area contributed by atoms with Crippen molar-refractivity contribution in [1.29, 1.82) is 0 Å². The second-order valence-electron chi connectivity index (χ2n) is 2.80. The summed E-state index contributed by atoms with van der Waals surface area (Å²) in [7, 11) is 0. The van der Waals surface area contributed by atoms with Crippen molar-refractivity contribution in [3.05, 3.63) is 11.4 Å². The molecule has 0 radical (unpaired) electrons. The van der Waals surface area contributed by atoms with Crippen LogP contribution in [0.5, 0.6) is 0 Å². The molecule has 0 aromatic carbocycles. The Balaban J connectivity index is 2.93. The Bertz CT molecular complexity index is 258. The summed E-state index contributed by atoms with van der Waals surface area (Å²) < 4.78 is 1.68. The first kappa shape index (κ1) is 9.15. The van der Waals surface area contributed by atoms with Crippen LogP contribution in [0.1, 0.15) is 24.4 Å². The van der Waals surface area contributed by atoms with Crippen LogP contribution in [0.4, 0.5) is 0 Å². The van der Waals surface area contributed by atoms with Gasteiger partial charge >= 0.3 is 0 Å². The molecule has 0 fully saturated rings. The molecule has 3 N–H and O–H groups in total. The van der Waals surface area contributed by atoms with Gasteiger partial charge in [-0.25, -0.2) is 4.68 Å². The third-order valence-electron chi connectivity index (χ3n) is 1.90. The largest absolute Gasteiger partial charge is 0.394 e. The van der Waals surface area contributed by atoms with Gasteiger partial charge in [-0.05, 0) is 13.8 Å². The second-order valence-corrected chi connectivity index (χ2v) is 2.80. The van der Waals surface area contributed by atoms with Crippen LogP contribution in [0, 0.1) is 6.92 Å². The minimum atomic E-state index is -0.0298. The molecule has 1 aromatic rings. The van der Waals surface area contributed by atoms with Crippen molar-refractivity contribution in [3.63, 3.8) is 0 Å². The summed E-state index contributed by atoms with van der Waals surface area (Å²) in [5.74, 6) is 0. The number of nitrogens with two attached hydrogens (primary N) is 1. The molecule has 1 aromatic heterocycles. The van der Waals surface area contributed by atoms with E-state index >= 15 is 0 Å². The second kappa shape index (κ2) is 3.64. The van der Waals surface area contributed by atoms with Gasteiger partial charge in [-0.15, -0.1) is 5.10 Å². The Morgan fingerprint density at radius 1 is 1.67 bits per heavy atom. The van der Waals surface area contributed by atoms with Crippen molar-refractivity contribution in [3.8, 4) is 0 Å². The first-order valence-corrected chi connectivity index (χ1v) is 3.92. The quantitative estimate of drug-likeness (QED) is 0.647. The topological polar surface area (TPSA) is 77.0 Å². The van der Waals surface area contributed by atoms with E-state index in [1.54, 1.807) is 4.68 Å². The average Bonchev–Trinajstić information content (AvgIpc) is 2.45. The van der Waals surface area contributed by atoms with Crippen LogP contribution in [-0.4, -0.2) is 26.7 Å². The molecule has 12 heavy (non-hydrogen) atoms. The SMILES string of the molecule is Cc1c(CN)nnn1C(C)CO. The van der Waals surface area contributed by atoms with E-state index < -0.39 is 0 Å². The lowest BCUT2D eigenvalue weighted by Crippen LogP contribution is -2.13. The zero-order valence-electron chi connectivity index (χ0n) is 7.36. The standard InChI is InChI=1S/C7H14N4O/c1-5(4-12)11-6(2)7(3-8)9-10-11/h5,12H,3-4,8H2,1-2H3. The summed E-state index contributed by atoms with van der Waals surface area (Å²) in [6, 6.07) is -0.0298. The average molecular weight is 170 g/mol. The van der Waals surface area contributed by atoms with Gasteiger partial charge in [0.05, 0.1) is 24.0 Å². The zero-order chi connectivity index (χ0) is 9.14. The Kier molecular flexibility index (Phi) is 2.78. The maximum Gasteiger partial charge on any atom is 0.0991 e. The van der Waals surface area contributed by atoms with E-state index in [9.17, 15) is 0 Å². The van der Waals surface area contributed by atoms with Crippen molar-refractivity contribution < 1.29 is 5.11 Å². The normalized spacial score (nSPS) is 13.3. The molecular weight excluding hydrogens is 156 g/mol. The van der Waals surface area contributed by atoms with Crippen molar-refractivity contribution in [1.82, 2.24) is 15.0 Å². The van der Waals surface area contributed by atoms with Crippen LogP contribution >= 0.6 is 0 Å². The molecule has 0 saturated carbocycles. The molecule has 0 saturated heterocycles. The van der Waals surface area contributed by atoms with E-state index in [0.717, 1.165) is 11.4 Å². The highest BCUT2D eigenvalue weighted by Gasteiger charge is 2.11. The molecule has 68 valence electrons. The molecule has 0 aliphatic carbocycles. The molecule has 0 amide bonds. The van der Waals surface area contributed by atoms with Gasteiger partial charge in [0.1, 0.15) is 0 Å². The fourth-order valence-electron chi connectivity index (χ4n) is 1.06. The lowest BCUT2D eigenvalue weighted by atomic mass is 10.3. The lowest BCUT2D eigenvalue weighted by molar-refractivity contribution is 0.226. The number of aliphatic hydroxyl groups is 1. The first-order valence-electron chi connectivity index (χ1n) is 3.92. The summed E-state index contributed by atoms with van der Waals surface area (Å²) in [4.78, 5) is 0. The Morgan fingerprint density at radius 2 is 2.33 bits per heavy atom. The van der Waals surface area contributed by atoms with Gasteiger partial charge in [0, 0.05) is 6.54 Å². The maximum absolute atomic E-state index is 8.87. The van der Waals surface area contributed by atoms with E-state index in [1.165, 1.54) is 0 Å². The van der Waals surface area contributed by atoms with Gasteiger partial charge in [0.2, 0.25) is 0 Å². The number of nitrogens with zero attached hydrogens (tertiary/aromatic N) is 3. The highest BCUT2D eigenvalue weighted by molar-refractivity contribution is 5.07. The van der Waals surface area contributed by atoms with Gasteiger partial charge in [0.25, 0.3) is 0 Å². The zero-order valence-corrected chi connectivity index (χ0v) is 7.36. The van der Waals surface area contributed by atoms with Crippen molar-refractivity contribution >= 4 is 0 Å². The van der Waals surface area contributed by atoms with E-state index in [-0.39, 0.29) is 12.6 Å². The van der Waals surface area contributed by atoms with Gasteiger partial charge in [-0.2, -0.15) is 0 Å². The summed E-state index contributed by atoms with van der Waals surface area (Å²) in [5.41, 5.74) is 7.14. The van der Waals surface area contributed by atoms with Crippen molar-refractivity contribution in [2.75, 3.05) is 6.61 Å². The number of hydrogen-bond acceptors (Lipinski definition) is 4. The lowest BCUT2D eigenvalue weighted by Gasteiger charge is -2.09. The summed E-state index contributed by atoms with van der Waals surface area (Å²) >= 11 is 0. The van der Waals surface area contributed by atoms with E-state index in [0.29, 0.717) is 6.54 Å². The molecule has 5 nitrogen and oxygen atoms in total. The highest BCUT2D eigenvalue weighted by atomic mass is 16.3. The number of hydrogen-bond donors (Lipinski definition) is 2. The fraction of sp³-hybridized carbons (Fsp3) is 0.714. The van der Waals surface area contributed by atoms with Crippen LogP contribution in [0.25, 0.3) is 0 Å². The monoisotopic (exact) mass is 170 g/mol. The summed E-state index contributed by atoms with van der Waals surface area (Å²) in [6.45, 7) is 4.23. The van der Waals surface area contributed by atoms with Gasteiger partial charge in [-0.1, -0.05) is 5.21 Å². The minimum Gasteiger partial charge on any atom is -0.394 e. The predicted molar refractivity (Wildman–Crippen MR) is 44.4 cm³/mol. The third-order valence-corrected chi connectivity index (χ3v) is 1.90. The Morgan fingerprint density at radius 3 is 2.75 bits per heavy atom. The van der Waals surface area contributed by atoms with Crippen LogP contribution in [-0.2, 0) is 6.54 Å². The molecule has 1 heterocycles. The molecule has 1 atom stereocenters. The number of aromatic nitrogens is 3. The molecule has 1 rings (SSSR count). The van der Waals surface area contributed by atoms with Crippen molar-refractivity contribution in [2.24, 2.45) is 5.73 Å². The summed E-state index contributed by atoms with van der Waals surface area (Å²) in [6.07, 6.45) is 0. The molecule has 0 aliphatic rings. The predicted octanol–water partition coefficient (Wildman–Crippen LogP) is -0.401. The molecular formula is C7H14N4O. The minimum absolute atomic E-state index is 0.0298. The first-order chi connectivity index (χ1) is 5.70. The number of aliphatic hydroxyl groups excluding tert-OH is 1. The van der Waals surface area contributed by atoms with E-state index in [4.69, 9.17) is 10.8 Å². The van der Waals surface area contributed by atoms with Crippen LogP contribution < -0.4 is 5.73 Å². The Hall–Kier alpha value is -0.940. The fourth-order valence-corrected chi connectivity index (χ4v) is 1.06. The molecule has 5 heteroatoms. The molecule has 1 unspecified atom stereocenters. The van der Waals surface area contributed by atoms with Crippen LogP contribution in [0.3, 0.4) is 0 Å². The molecule has 0 bridgehead atoms. The van der Waals surface area contributed by atoms with E-state index in [1.807, 2.05) is 13.8 Å². The highest BCUT2D eigenvalue weighted by Crippen LogP contribution is 2.09. The smallest absolute Gasteiger partial charge is 0.0991 e. The molecule has 0 spiro atoms.